The standard InChI is InChI=1S/C31H35Si.3ClH.Ti/c1-21-17-22(2)19-29(18-21)32(28-15-10-9-11-16-28,30-23(3)13-12-14-24(30)4)31(8)20-25(5)26(6)27(31)7;;;;/h9-19H,1-8H3;3*1H;/q;;;;+3/p-3. The van der Waals surface area contributed by atoms with Crippen molar-refractivity contribution in [2.24, 2.45) is 0 Å². The Morgan fingerprint density at radius 1 is 0.611 bits per heavy atom. The minimum absolute atomic E-state index is 0. The summed E-state index contributed by atoms with van der Waals surface area (Å²) in [4.78, 5) is 0. The molecule has 2 atom stereocenters. The maximum Gasteiger partial charge on any atom is -1.00 e. The first-order chi connectivity index (χ1) is 15.6. The van der Waals surface area contributed by atoms with Crippen LogP contribution >= 0.6 is 0 Å². The fraction of sp³-hybridized carbons (Fsp3) is 0.290. The Hall–Kier alpha value is -1.06. The van der Waals surface area contributed by atoms with Crippen LogP contribution in [-0.4, -0.2) is 8.07 Å². The van der Waals surface area contributed by atoms with Crippen LogP contribution in [0.1, 0.15) is 49.9 Å². The summed E-state index contributed by atoms with van der Waals surface area (Å²) >= 11 is 2.40. The van der Waals surface area contributed by atoms with E-state index in [0.29, 0.717) is 0 Å². The van der Waals surface area contributed by atoms with E-state index in [-0.39, 0.29) is 42.3 Å². The number of halogens is 3. The Labute approximate surface area is 249 Å². The third kappa shape index (κ3) is 4.77. The second-order valence-corrected chi connectivity index (χ2v) is 15.1. The van der Waals surface area contributed by atoms with E-state index in [0.717, 1.165) is 0 Å². The molecule has 188 valence electrons. The monoisotopic (exact) mass is 588 g/mol. The van der Waals surface area contributed by atoms with Gasteiger partial charge in [0.2, 0.25) is 0 Å². The number of benzene rings is 3. The van der Waals surface area contributed by atoms with E-state index in [9.17, 15) is 0 Å². The molecule has 4 rings (SSSR count). The van der Waals surface area contributed by atoms with Crippen molar-refractivity contribution < 1.29 is 57.7 Å². The van der Waals surface area contributed by atoms with Crippen LogP contribution < -0.4 is 52.8 Å². The Balaban J connectivity index is 0.00000216. The van der Waals surface area contributed by atoms with Crippen LogP contribution in [0.15, 0.2) is 87.3 Å². The predicted molar refractivity (Wildman–Crippen MR) is 142 cm³/mol. The third-order valence-electron chi connectivity index (χ3n) is 8.22. The molecule has 3 aromatic carbocycles. The van der Waals surface area contributed by atoms with Crippen LogP contribution in [0.3, 0.4) is 0 Å². The number of hydrogen-bond acceptors (Lipinski definition) is 0. The number of allylic oxidation sites excluding steroid dienone is 4. The number of aryl methyl sites for hydroxylation is 4. The molecule has 5 heteroatoms. The second-order valence-electron chi connectivity index (χ2n) is 10.1. The van der Waals surface area contributed by atoms with E-state index in [4.69, 9.17) is 0 Å². The van der Waals surface area contributed by atoms with E-state index in [1.165, 1.54) is 53.2 Å². The van der Waals surface area contributed by atoms with Crippen molar-refractivity contribution >= 4 is 23.6 Å². The molecule has 0 N–H and O–H groups in total. The van der Waals surface area contributed by atoms with Crippen molar-refractivity contribution in [2.75, 3.05) is 0 Å². The van der Waals surface area contributed by atoms with Crippen LogP contribution in [0.4, 0.5) is 0 Å². The molecule has 0 saturated carbocycles. The zero-order valence-corrected chi connectivity index (χ0v) is 27.3. The van der Waals surface area contributed by atoms with Gasteiger partial charge in [-0.05, 0) is 0 Å². The first kappa shape index (κ1) is 33.0. The Bertz CT molecular complexity index is 1250. The van der Waals surface area contributed by atoms with Gasteiger partial charge < -0.3 is 37.2 Å². The van der Waals surface area contributed by atoms with Crippen molar-refractivity contribution in [3.63, 3.8) is 0 Å². The van der Waals surface area contributed by atoms with Gasteiger partial charge in [-0.1, -0.05) is 0 Å². The van der Waals surface area contributed by atoms with Crippen LogP contribution in [0.5, 0.6) is 0 Å². The van der Waals surface area contributed by atoms with Gasteiger partial charge in [0.15, 0.2) is 0 Å². The van der Waals surface area contributed by atoms with Crippen LogP contribution in [0.2, 0.25) is 5.04 Å². The summed E-state index contributed by atoms with van der Waals surface area (Å²) in [5.41, 5.74) is 10.00. The van der Waals surface area contributed by atoms with Crippen molar-refractivity contribution in [3.05, 3.63) is 110 Å². The van der Waals surface area contributed by atoms with Gasteiger partial charge in [0.25, 0.3) is 0 Å². The van der Waals surface area contributed by atoms with Crippen LogP contribution in [0.25, 0.3) is 0 Å². The molecular weight excluding hydrogens is 555 g/mol. The summed E-state index contributed by atoms with van der Waals surface area (Å²) < 4.78 is 1.54. The fourth-order valence-electron chi connectivity index (χ4n) is 6.44. The van der Waals surface area contributed by atoms with Crippen molar-refractivity contribution in [1.29, 1.82) is 0 Å². The van der Waals surface area contributed by atoms with Gasteiger partial charge in [-0.3, -0.25) is 0 Å². The summed E-state index contributed by atoms with van der Waals surface area (Å²) in [5, 5.41) is 4.54. The van der Waals surface area contributed by atoms with Crippen LogP contribution in [-0.2, 0) is 20.4 Å². The molecule has 3 aromatic rings. The predicted octanol–water partition coefficient (Wildman–Crippen LogP) is -2.67. The zero-order valence-electron chi connectivity index (χ0n) is 22.5. The molecule has 0 bridgehead atoms. The average Bonchev–Trinajstić information content (AvgIpc) is 2.92. The molecule has 1 aliphatic rings. The Morgan fingerprint density at radius 3 is 1.56 bits per heavy atom. The van der Waals surface area contributed by atoms with E-state index >= 15 is 0 Å². The van der Waals surface area contributed by atoms with Crippen molar-refractivity contribution in [2.45, 2.75) is 60.4 Å². The van der Waals surface area contributed by atoms with Gasteiger partial charge in [-0.2, -0.15) is 0 Å². The van der Waals surface area contributed by atoms with Gasteiger partial charge in [0.05, 0.1) is 0 Å². The SMILES string of the molecule is CC1=C(C)C(C)([Si](c2ccccc2)(c2cc(C)cc(C)c2)c2c(C)cccc2C)[C]([Ti+3])=C1C.[Cl-].[Cl-].[Cl-]. The second kappa shape index (κ2) is 12.2. The maximum atomic E-state index is 2.56. The van der Waals surface area contributed by atoms with E-state index in [1.807, 2.05) is 0 Å². The van der Waals surface area contributed by atoms with Gasteiger partial charge in [-0.25, -0.2) is 0 Å². The van der Waals surface area contributed by atoms with Gasteiger partial charge in [0, 0.05) is 0 Å². The fourth-order valence-corrected chi connectivity index (χ4v) is 14.7. The summed E-state index contributed by atoms with van der Waals surface area (Å²) in [6, 6.07) is 25.6. The van der Waals surface area contributed by atoms with Gasteiger partial charge in [0.1, 0.15) is 0 Å². The molecular formula is C31H35Cl3SiTi. The molecule has 0 aliphatic heterocycles. The molecule has 0 amide bonds. The minimum atomic E-state index is -2.59. The first-order valence-corrected chi connectivity index (χ1v) is 14.7. The topological polar surface area (TPSA) is 0 Å². The van der Waals surface area contributed by atoms with E-state index in [2.05, 4.69) is 143 Å². The van der Waals surface area contributed by atoms with Crippen LogP contribution in [0, 0.1) is 27.7 Å². The molecule has 0 fully saturated rings. The first-order valence-electron chi connectivity index (χ1n) is 11.9. The molecule has 1 aliphatic carbocycles. The summed E-state index contributed by atoms with van der Waals surface area (Å²) in [7, 11) is -2.59. The molecule has 0 nitrogen and oxygen atoms in total. The molecule has 0 spiro atoms. The van der Waals surface area contributed by atoms with Crippen molar-refractivity contribution in [1.82, 2.24) is 0 Å². The summed E-state index contributed by atoms with van der Waals surface area (Å²) in [6.45, 7) is 18.8. The molecule has 36 heavy (non-hydrogen) atoms. The smallest absolute Gasteiger partial charge is 1.00 e. The Kier molecular flexibility index (Phi) is 11.2. The molecule has 0 heterocycles. The number of rotatable bonds is 4. The largest absolute Gasteiger partial charge is 1.00 e. The molecule has 0 aromatic heterocycles. The molecule has 0 radical (unpaired) electrons. The molecule has 0 saturated heterocycles. The van der Waals surface area contributed by atoms with Gasteiger partial charge in [-0.15, -0.1) is 0 Å². The van der Waals surface area contributed by atoms with E-state index < -0.39 is 8.07 Å². The third-order valence-corrected chi connectivity index (χ3v) is 16.0. The minimum Gasteiger partial charge on any atom is -1.00 e. The summed E-state index contributed by atoms with van der Waals surface area (Å²) in [5.74, 6) is 0. The van der Waals surface area contributed by atoms with Crippen molar-refractivity contribution in [3.8, 4) is 0 Å². The summed E-state index contributed by atoms with van der Waals surface area (Å²) in [6.07, 6.45) is 0. The number of hydrogen-bond donors (Lipinski definition) is 0. The van der Waals surface area contributed by atoms with Gasteiger partial charge >= 0.3 is 214 Å². The zero-order chi connectivity index (χ0) is 24.1. The quantitative estimate of drug-likeness (QED) is 0.230. The molecule has 2 unspecified atom stereocenters. The normalized spacial score (nSPS) is 18.7. The average molecular weight is 590 g/mol. The maximum absolute atomic E-state index is 2.59. The van der Waals surface area contributed by atoms with E-state index in [1.54, 1.807) is 5.19 Å². The Morgan fingerprint density at radius 2 is 1.11 bits per heavy atom.